The van der Waals surface area contributed by atoms with E-state index >= 15 is 0 Å². The molecule has 0 radical (unpaired) electrons. The van der Waals surface area contributed by atoms with E-state index in [4.69, 9.17) is 0 Å². The lowest BCUT2D eigenvalue weighted by Crippen LogP contribution is -1.89. The largest absolute Gasteiger partial charge is 0.242 e. The van der Waals surface area contributed by atoms with Crippen LogP contribution in [-0.4, -0.2) is 4.21 Å². The number of benzene rings is 2. The fourth-order valence-corrected chi connectivity index (χ4v) is 4.09. The summed E-state index contributed by atoms with van der Waals surface area (Å²) < 4.78 is 12.1. The minimum atomic E-state index is -1.03. The van der Waals surface area contributed by atoms with E-state index in [2.05, 4.69) is 0 Å². The molecule has 0 spiro atoms. The van der Waals surface area contributed by atoms with Crippen molar-refractivity contribution in [2.75, 3.05) is 0 Å². The molecule has 0 fully saturated rings. The molecule has 1 atom stereocenters. The number of aryl methyl sites for hydroxylation is 1. The van der Waals surface area contributed by atoms with Gasteiger partial charge in [-0.1, -0.05) is 36.4 Å². The maximum Gasteiger partial charge on any atom is 0.118 e. The van der Waals surface area contributed by atoms with Crippen molar-refractivity contribution >= 4 is 20.6 Å². The molecule has 16 heavy (non-hydrogen) atoms. The van der Waals surface area contributed by atoms with Gasteiger partial charge in [0.2, 0.25) is 0 Å². The molecule has 0 heterocycles. The minimum absolute atomic E-state index is 0.899. The Morgan fingerprint density at radius 3 is 2.25 bits per heavy atom. The Morgan fingerprint density at radius 2 is 1.56 bits per heavy atom. The van der Waals surface area contributed by atoms with Crippen LogP contribution >= 0.6 is 10.8 Å². The van der Waals surface area contributed by atoms with E-state index in [-0.39, 0.29) is 0 Å². The molecule has 1 nitrogen and oxygen atoms in total. The Balaban J connectivity index is 2.19. The molecule has 0 saturated heterocycles. The Kier molecular flexibility index (Phi) is 3.80. The summed E-state index contributed by atoms with van der Waals surface area (Å²) in [4.78, 5) is 1.93. The Morgan fingerprint density at radius 1 is 0.938 bits per heavy atom. The lowest BCUT2D eigenvalue weighted by Gasteiger charge is -2.04. The maximum atomic E-state index is 12.1. The predicted molar refractivity (Wildman–Crippen MR) is 69.9 cm³/mol. The lowest BCUT2D eigenvalue weighted by atomic mass is 10.2. The van der Waals surface area contributed by atoms with Gasteiger partial charge in [-0.05, 0) is 41.5 Å². The molecule has 3 heteroatoms. The third-order valence-electron chi connectivity index (χ3n) is 2.19. The minimum Gasteiger partial charge on any atom is -0.242 e. The molecule has 0 bridgehead atoms. The van der Waals surface area contributed by atoms with Crippen molar-refractivity contribution in [3.8, 4) is 0 Å². The van der Waals surface area contributed by atoms with E-state index < -0.39 is 9.83 Å². The Hall–Kier alpha value is -1.06. The third kappa shape index (κ3) is 2.74. The first kappa shape index (κ1) is 11.4. The fourth-order valence-electron chi connectivity index (χ4n) is 1.35. The van der Waals surface area contributed by atoms with Gasteiger partial charge in [-0.3, -0.25) is 0 Å². The van der Waals surface area contributed by atoms with Gasteiger partial charge in [-0.15, -0.1) is 0 Å². The van der Waals surface area contributed by atoms with E-state index in [9.17, 15) is 4.21 Å². The zero-order valence-electron chi connectivity index (χ0n) is 8.92. The van der Waals surface area contributed by atoms with Crippen LogP contribution in [0.15, 0.2) is 64.4 Å². The molecule has 2 rings (SSSR count). The molecule has 0 aliphatic heterocycles. The summed E-state index contributed by atoms with van der Waals surface area (Å²) in [6, 6.07) is 17.6. The summed E-state index contributed by atoms with van der Waals surface area (Å²) in [5.74, 6) is 0. The molecule has 2 aromatic rings. The van der Waals surface area contributed by atoms with E-state index in [0.717, 1.165) is 15.4 Å². The molecule has 0 aliphatic carbocycles. The zero-order chi connectivity index (χ0) is 11.4. The maximum absolute atomic E-state index is 12.1. The SMILES string of the molecule is Cc1ccccc1S(=O)Sc1ccccc1. The highest BCUT2D eigenvalue weighted by molar-refractivity contribution is 8.69. The number of rotatable bonds is 3. The molecular formula is C13H12OS2. The Labute approximate surface area is 102 Å². The average molecular weight is 248 g/mol. The molecular weight excluding hydrogens is 236 g/mol. The van der Waals surface area contributed by atoms with Gasteiger partial charge >= 0.3 is 0 Å². The van der Waals surface area contributed by atoms with Gasteiger partial charge in [0.1, 0.15) is 9.83 Å². The van der Waals surface area contributed by atoms with Crippen LogP contribution in [0, 0.1) is 6.92 Å². The average Bonchev–Trinajstić information content (AvgIpc) is 2.31. The molecule has 0 aliphatic rings. The van der Waals surface area contributed by atoms with Gasteiger partial charge in [-0.25, -0.2) is 4.21 Å². The lowest BCUT2D eigenvalue weighted by molar-refractivity contribution is 0.691. The third-order valence-corrected chi connectivity index (χ3v) is 5.19. The first-order valence-corrected chi connectivity index (χ1v) is 7.46. The van der Waals surface area contributed by atoms with Crippen LogP contribution in [0.2, 0.25) is 0 Å². The fraction of sp³-hybridized carbons (Fsp3) is 0.0769. The smallest absolute Gasteiger partial charge is 0.118 e. The van der Waals surface area contributed by atoms with E-state index in [1.54, 1.807) is 0 Å². The van der Waals surface area contributed by atoms with Crippen LogP contribution in [0.5, 0.6) is 0 Å². The van der Waals surface area contributed by atoms with Crippen molar-refractivity contribution in [1.82, 2.24) is 0 Å². The van der Waals surface area contributed by atoms with Crippen LogP contribution < -0.4 is 0 Å². The summed E-state index contributed by atoms with van der Waals surface area (Å²) in [5, 5.41) is 0. The van der Waals surface area contributed by atoms with Crippen molar-refractivity contribution in [2.45, 2.75) is 16.7 Å². The predicted octanol–water partition coefficient (Wildman–Crippen LogP) is 3.81. The zero-order valence-corrected chi connectivity index (χ0v) is 10.6. The van der Waals surface area contributed by atoms with E-state index in [0.29, 0.717) is 0 Å². The van der Waals surface area contributed by atoms with Gasteiger partial charge < -0.3 is 0 Å². The van der Waals surface area contributed by atoms with E-state index in [1.165, 1.54) is 10.8 Å². The normalized spacial score (nSPS) is 12.3. The van der Waals surface area contributed by atoms with Crippen molar-refractivity contribution < 1.29 is 4.21 Å². The standard InChI is InChI=1S/C13H12OS2/c1-11-7-5-6-10-13(11)16(14)15-12-8-3-2-4-9-12/h2-10H,1H3. The Bertz CT molecular complexity index is 494. The van der Waals surface area contributed by atoms with Crippen molar-refractivity contribution in [3.05, 3.63) is 60.2 Å². The van der Waals surface area contributed by atoms with Crippen molar-refractivity contribution in [1.29, 1.82) is 0 Å². The highest BCUT2D eigenvalue weighted by Gasteiger charge is 2.07. The molecule has 0 N–H and O–H groups in total. The first-order chi connectivity index (χ1) is 7.77. The summed E-state index contributed by atoms with van der Waals surface area (Å²) in [6.07, 6.45) is 0. The van der Waals surface area contributed by atoms with Crippen LogP contribution in [0.1, 0.15) is 5.56 Å². The number of hydrogen-bond acceptors (Lipinski definition) is 2. The highest BCUT2D eigenvalue weighted by atomic mass is 33.1. The molecule has 2 aromatic carbocycles. The van der Waals surface area contributed by atoms with Crippen molar-refractivity contribution in [3.63, 3.8) is 0 Å². The first-order valence-electron chi connectivity index (χ1n) is 4.98. The second-order valence-corrected chi connectivity index (χ2v) is 6.35. The number of hydrogen-bond donors (Lipinski definition) is 0. The van der Waals surface area contributed by atoms with Crippen molar-refractivity contribution in [2.24, 2.45) is 0 Å². The molecule has 0 aromatic heterocycles. The van der Waals surface area contributed by atoms with E-state index in [1.807, 2.05) is 61.5 Å². The molecule has 1 unspecified atom stereocenters. The summed E-state index contributed by atoms with van der Waals surface area (Å²) in [5.41, 5.74) is 1.07. The van der Waals surface area contributed by atoms with Gasteiger partial charge in [0.15, 0.2) is 0 Å². The summed E-state index contributed by atoms with van der Waals surface area (Å²) in [6.45, 7) is 1.98. The molecule has 0 amide bonds. The second kappa shape index (κ2) is 5.32. The van der Waals surface area contributed by atoms with Gasteiger partial charge in [-0.2, -0.15) is 0 Å². The van der Waals surface area contributed by atoms with Crippen LogP contribution in [0.3, 0.4) is 0 Å². The summed E-state index contributed by atoms with van der Waals surface area (Å²) in [7, 11) is 0.354. The summed E-state index contributed by atoms with van der Waals surface area (Å²) >= 11 is 0. The van der Waals surface area contributed by atoms with Crippen LogP contribution in [0.25, 0.3) is 0 Å². The molecule has 0 saturated carbocycles. The quantitative estimate of drug-likeness (QED) is 0.768. The second-order valence-electron chi connectivity index (χ2n) is 3.40. The monoisotopic (exact) mass is 248 g/mol. The van der Waals surface area contributed by atoms with Gasteiger partial charge in [0, 0.05) is 4.90 Å². The highest BCUT2D eigenvalue weighted by Crippen LogP contribution is 2.28. The van der Waals surface area contributed by atoms with Crippen LogP contribution in [-0.2, 0) is 9.83 Å². The topological polar surface area (TPSA) is 17.1 Å². The van der Waals surface area contributed by atoms with Gasteiger partial charge in [0.25, 0.3) is 0 Å². The molecule has 82 valence electrons. The van der Waals surface area contributed by atoms with Crippen LogP contribution in [0.4, 0.5) is 0 Å². The van der Waals surface area contributed by atoms with Gasteiger partial charge in [0.05, 0.1) is 4.90 Å².